The Morgan fingerprint density at radius 1 is 1.67 bits per heavy atom. The van der Waals surface area contributed by atoms with Crippen molar-refractivity contribution in [1.29, 1.82) is 0 Å². The van der Waals surface area contributed by atoms with E-state index < -0.39 is 5.92 Å². The molecule has 1 aliphatic heterocycles. The molecular formula is C10H14F2N2S. The second kappa shape index (κ2) is 4.14. The molecule has 0 spiro atoms. The van der Waals surface area contributed by atoms with Crippen LogP contribution in [0, 0.1) is 0 Å². The third-order valence-electron chi connectivity index (χ3n) is 2.57. The fourth-order valence-corrected chi connectivity index (χ4v) is 2.68. The average molecular weight is 232 g/mol. The van der Waals surface area contributed by atoms with Gasteiger partial charge in [0.15, 0.2) is 0 Å². The average Bonchev–Trinajstić information content (AvgIpc) is 2.73. The van der Waals surface area contributed by atoms with Crippen molar-refractivity contribution in [1.82, 2.24) is 10.3 Å². The molecular weight excluding hydrogens is 218 g/mol. The standard InChI is InChI=1S/C10H14F2N2S/c1-10(11,12)8-6-14-9(15-8)5-7-3-2-4-13-7/h6-7,13H,2-5H2,1H3. The predicted octanol–water partition coefficient (Wildman–Crippen LogP) is 2.55. The Morgan fingerprint density at radius 2 is 2.47 bits per heavy atom. The second-order valence-corrected chi connectivity index (χ2v) is 5.12. The Morgan fingerprint density at radius 3 is 3.00 bits per heavy atom. The molecule has 0 aromatic carbocycles. The predicted molar refractivity (Wildman–Crippen MR) is 56.4 cm³/mol. The minimum Gasteiger partial charge on any atom is -0.314 e. The summed E-state index contributed by atoms with van der Waals surface area (Å²) in [6.07, 6.45) is 4.37. The van der Waals surface area contributed by atoms with E-state index in [4.69, 9.17) is 0 Å². The lowest BCUT2D eigenvalue weighted by Gasteiger charge is -2.07. The van der Waals surface area contributed by atoms with Gasteiger partial charge in [0.05, 0.1) is 9.88 Å². The van der Waals surface area contributed by atoms with Crippen molar-refractivity contribution in [2.45, 2.75) is 38.2 Å². The van der Waals surface area contributed by atoms with Crippen molar-refractivity contribution in [2.24, 2.45) is 0 Å². The first kappa shape index (κ1) is 11.0. The van der Waals surface area contributed by atoms with Crippen molar-refractivity contribution >= 4 is 11.3 Å². The van der Waals surface area contributed by atoms with Crippen LogP contribution in [-0.4, -0.2) is 17.6 Å². The maximum absolute atomic E-state index is 12.9. The van der Waals surface area contributed by atoms with Gasteiger partial charge in [0.1, 0.15) is 0 Å². The molecule has 1 aliphatic rings. The molecule has 1 aromatic heterocycles. The van der Waals surface area contributed by atoms with Crippen LogP contribution in [0.5, 0.6) is 0 Å². The monoisotopic (exact) mass is 232 g/mol. The van der Waals surface area contributed by atoms with Gasteiger partial charge in [-0.3, -0.25) is 0 Å². The molecule has 2 heterocycles. The zero-order valence-electron chi connectivity index (χ0n) is 8.59. The minimum absolute atomic E-state index is 0.0653. The summed E-state index contributed by atoms with van der Waals surface area (Å²) < 4.78 is 25.9. The normalized spacial score (nSPS) is 22.2. The van der Waals surface area contributed by atoms with Crippen LogP contribution in [-0.2, 0) is 12.3 Å². The molecule has 0 aliphatic carbocycles. The largest absolute Gasteiger partial charge is 0.314 e. The number of nitrogens with one attached hydrogen (secondary N) is 1. The fraction of sp³-hybridized carbons (Fsp3) is 0.700. The Bertz CT molecular complexity index is 326. The molecule has 0 bridgehead atoms. The molecule has 0 radical (unpaired) electrons. The first-order valence-electron chi connectivity index (χ1n) is 5.12. The Hall–Kier alpha value is -0.550. The number of alkyl halides is 2. The maximum atomic E-state index is 12.9. The molecule has 15 heavy (non-hydrogen) atoms. The van der Waals surface area contributed by atoms with E-state index in [0.29, 0.717) is 6.04 Å². The molecule has 0 amide bonds. The number of halogens is 2. The van der Waals surface area contributed by atoms with Gasteiger partial charge < -0.3 is 5.32 Å². The van der Waals surface area contributed by atoms with Gasteiger partial charge in [-0.15, -0.1) is 11.3 Å². The van der Waals surface area contributed by atoms with E-state index in [9.17, 15) is 8.78 Å². The lowest BCUT2D eigenvalue weighted by atomic mass is 10.2. The molecule has 84 valence electrons. The van der Waals surface area contributed by atoms with Gasteiger partial charge in [-0.05, 0) is 19.4 Å². The highest BCUT2D eigenvalue weighted by atomic mass is 32.1. The molecule has 1 atom stereocenters. The lowest BCUT2D eigenvalue weighted by molar-refractivity contribution is 0.0213. The van der Waals surface area contributed by atoms with Crippen LogP contribution >= 0.6 is 11.3 Å². The molecule has 1 saturated heterocycles. The first-order valence-corrected chi connectivity index (χ1v) is 5.94. The highest BCUT2D eigenvalue weighted by molar-refractivity contribution is 7.11. The van der Waals surface area contributed by atoms with Crippen LogP contribution < -0.4 is 5.32 Å². The second-order valence-electron chi connectivity index (χ2n) is 4.00. The highest BCUT2D eigenvalue weighted by Gasteiger charge is 2.27. The van der Waals surface area contributed by atoms with Crippen molar-refractivity contribution in [3.8, 4) is 0 Å². The summed E-state index contributed by atoms with van der Waals surface area (Å²) >= 11 is 1.13. The van der Waals surface area contributed by atoms with Crippen molar-refractivity contribution < 1.29 is 8.78 Å². The third kappa shape index (κ3) is 2.72. The molecule has 2 nitrogen and oxygen atoms in total. The third-order valence-corrected chi connectivity index (χ3v) is 3.76. The molecule has 1 N–H and O–H groups in total. The summed E-state index contributed by atoms with van der Waals surface area (Å²) in [5, 5.41) is 4.14. The number of thiazole rings is 1. The Kier molecular flexibility index (Phi) is 3.02. The van der Waals surface area contributed by atoms with Gasteiger partial charge in [-0.25, -0.2) is 13.8 Å². The number of hydrogen-bond donors (Lipinski definition) is 1. The van der Waals surface area contributed by atoms with E-state index in [1.165, 1.54) is 12.6 Å². The highest BCUT2D eigenvalue weighted by Crippen LogP contribution is 2.32. The van der Waals surface area contributed by atoms with Gasteiger partial charge in [-0.1, -0.05) is 0 Å². The summed E-state index contributed by atoms with van der Waals surface area (Å²) in [5.41, 5.74) is 0. The van der Waals surface area contributed by atoms with Crippen LogP contribution in [0.25, 0.3) is 0 Å². The van der Waals surface area contributed by atoms with Gasteiger partial charge >= 0.3 is 0 Å². The summed E-state index contributed by atoms with van der Waals surface area (Å²) in [4.78, 5) is 4.11. The van der Waals surface area contributed by atoms with Crippen molar-refractivity contribution in [2.75, 3.05) is 6.54 Å². The quantitative estimate of drug-likeness (QED) is 0.866. The van der Waals surface area contributed by atoms with Crippen molar-refractivity contribution in [3.05, 3.63) is 16.1 Å². The SMILES string of the molecule is CC(F)(F)c1cnc(CC2CCCN2)s1. The number of hydrogen-bond acceptors (Lipinski definition) is 3. The summed E-state index contributed by atoms with van der Waals surface area (Å²) in [7, 11) is 0. The van der Waals surface area contributed by atoms with E-state index in [2.05, 4.69) is 10.3 Å². The molecule has 2 rings (SSSR count). The van der Waals surface area contributed by atoms with Crippen LogP contribution in [0.1, 0.15) is 29.7 Å². The topological polar surface area (TPSA) is 24.9 Å². The van der Waals surface area contributed by atoms with Crippen LogP contribution in [0.3, 0.4) is 0 Å². The van der Waals surface area contributed by atoms with Gasteiger partial charge in [-0.2, -0.15) is 0 Å². The van der Waals surface area contributed by atoms with Crippen LogP contribution in [0.2, 0.25) is 0 Å². The van der Waals surface area contributed by atoms with E-state index in [0.717, 1.165) is 42.7 Å². The van der Waals surface area contributed by atoms with Gasteiger partial charge in [0.2, 0.25) is 0 Å². The van der Waals surface area contributed by atoms with Crippen LogP contribution in [0.15, 0.2) is 6.20 Å². The fourth-order valence-electron chi connectivity index (χ4n) is 1.75. The summed E-state index contributed by atoms with van der Waals surface area (Å²) in [6, 6.07) is 0.425. The Labute approximate surface area is 91.7 Å². The van der Waals surface area contributed by atoms with E-state index >= 15 is 0 Å². The lowest BCUT2D eigenvalue weighted by Crippen LogP contribution is -2.23. The molecule has 5 heteroatoms. The summed E-state index contributed by atoms with van der Waals surface area (Å²) in [6.45, 7) is 1.95. The Balaban J connectivity index is 2.00. The zero-order chi connectivity index (χ0) is 10.9. The molecule has 1 unspecified atom stereocenters. The van der Waals surface area contributed by atoms with E-state index in [1.54, 1.807) is 0 Å². The number of nitrogens with zero attached hydrogens (tertiary/aromatic N) is 1. The van der Waals surface area contributed by atoms with E-state index in [-0.39, 0.29) is 4.88 Å². The molecule has 0 saturated carbocycles. The number of rotatable bonds is 3. The van der Waals surface area contributed by atoms with Gasteiger partial charge in [0.25, 0.3) is 5.92 Å². The van der Waals surface area contributed by atoms with Crippen molar-refractivity contribution in [3.63, 3.8) is 0 Å². The first-order chi connectivity index (χ1) is 7.05. The summed E-state index contributed by atoms with van der Waals surface area (Å²) in [5.74, 6) is -2.75. The molecule has 1 fully saturated rings. The number of aromatic nitrogens is 1. The minimum atomic E-state index is -2.75. The van der Waals surface area contributed by atoms with E-state index in [1.807, 2.05) is 0 Å². The maximum Gasteiger partial charge on any atom is 0.281 e. The smallest absolute Gasteiger partial charge is 0.281 e. The zero-order valence-corrected chi connectivity index (χ0v) is 9.41. The van der Waals surface area contributed by atoms with Gasteiger partial charge in [0, 0.05) is 25.6 Å². The van der Waals surface area contributed by atoms with Crippen LogP contribution in [0.4, 0.5) is 8.78 Å². The molecule has 1 aromatic rings.